The van der Waals surface area contributed by atoms with Gasteiger partial charge in [-0.25, -0.2) is 27.8 Å². The minimum Gasteiger partial charge on any atom is -0.494 e. The van der Waals surface area contributed by atoms with Crippen molar-refractivity contribution in [2.24, 2.45) is 0 Å². The summed E-state index contributed by atoms with van der Waals surface area (Å²) in [5.74, 6) is 1.70. The van der Waals surface area contributed by atoms with Crippen molar-refractivity contribution in [3.05, 3.63) is 88.5 Å². The van der Waals surface area contributed by atoms with E-state index in [0.717, 1.165) is 82.5 Å². The Bertz CT molecular complexity index is 1790. The van der Waals surface area contributed by atoms with E-state index in [4.69, 9.17) is 14.7 Å². The van der Waals surface area contributed by atoms with Crippen LogP contribution in [0.5, 0.6) is 5.75 Å². The Balaban J connectivity index is 1.19. The summed E-state index contributed by atoms with van der Waals surface area (Å²) in [5.41, 5.74) is 7.27. The average Bonchev–Trinajstić information content (AvgIpc) is 3.57. The third kappa shape index (κ3) is 5.43. The number of allylic oxidation sites excluding steroid dienone is 1. The summed E-state index contributed by atoms with van der Waals surface area (Å²) < 4.78 is 42.8. The Labute approximate surface area is 245 Å². The smallest absolute Gasteiger partial charge is 0.165 e. The zero-order valence-electron chi connectivity index (χ0n) is 24.2. The van der Waals surface area contributed by atoms with Gasteiger partial charge >= 0.3 is 0 Å². The molecule has 1 saturated heterocycles. The van der Waals surface area contributed by atoms with E-state index in [9.17, 15) is 12.8 Å². The summed E-state index contributed by atoms with van der Waals surface area (Å²) in [7, 11) is -1.62. The van der Waals surface area contributed by atoms with Gasteiger partial charge in [0.05, 0.1) is 24.3 Å². The molecule has 2 aromatic heterocycles. The number of aromatic amines is 1. The largest absolute Gasteiger partial charge is 0.494 e. The molecule has 42 heavy (non-hydrogen) atoms. The lowest BCUT2D eigenvalue weighted by molar-refractivity contribution is 0.345. The number of aryl methyl sites for hydroxylation is 1. The van der Waals surface area contributed by atoms with E-state index >= 15 is 0 Å². The van der Waals surface area contributed by atoms with Gasteiger partial charge in [0.25, 0.3) is 0 Å². The van der Waals surface area contributed by atoms with Gasteiger partial charge in [-0.15, -0.1) is 0 Å². The fourth-order valence-corrected chi connectivity index (χ4v) is 6.76. The number of sulfone groups is 1. The summed E-state index contributed by atoms with van der Waals surface area (Å²) >= 11 is 0. The van der Waals surface area contributed by atoms with Crippen molar-refractivity contribution in [1.29, 1.82) is 0 Å². The maximum Gasteiger partial charge on any atom is 0.165 e. The van der Waals surface area contributed by atoms with Crippen LogP contribution in [0.25, 0.3) is 22.9 Å². The molecule has 218 valence electrons. The third-order valence-electron chi connectivity index (χ3n) is 8.42. The fraction of sp³-hybridized carbons (Fsp3) is 0.344. The molecule has 10 heteroatoms. The summed E-state index contributed by atoms with van der Waals surface area (Å²) in [6.45, 7) is 5.84. The molecule has 0 bridgehead atoms. The maximum absolute atomic E-state index is 14.4. The number of halogens is 1. The van der Waals surface area contributed by atoms with E-state index in [1.165, 1.54) is 19.4 Å². The van der Waals surface area contributed by atoms with Gasteiger partial charge in [0.1, 0.15) is 18.0 Å². The molecule has 2 aromatic carbocycles. The number of benzene rings is 2. The number of H-pyrrole nitrogens is 1. The summed E-state index contributed by atoms with van der Waals surface area (Å²) in [6, 6.07) is 12.7. The zero-order chi connectivity index (χ0) is 29.6. The monoisotopic (exact) mass is 587 g/mol. The third-order valence-corrected chi connectivity index (χ3v) is 9.28. The van der Waals surface area contributed by atoms with Gasteiger partial charge in [-0.1, -0.05) is 31.2 Å². The standard InChI is InChI=1S/C32H34FN5O3S/c1-20-29(23-9-10-28(41-3)26(33)16-23)37-31(36-20)32(2)11-13-38(14-12-32)30-25-15-24(17-27(25)34-19-35-30)22-7-5-21(6-8-22)18-42(4,39)40/h5-10,15-16,19H,11-14,17-18H2,1-4H3,(H,36,37). The Kier molecular flexibility index (Phi) is 7.12. The van der Waals surface area contributed by atoms with E-state index in [0.29, 0.717) is 6.42 Å². The van der Waals surface area contributed by atoms with Crippen LogP contribution in [0.4, 0.5) is 10.2 Å². The molecule has 1 fully saturated rings. The first-order valence-corrected chi connectivity index (χ1v) is 16.1. The highest BCUT2D eigenvalue weighted by atomic mass is 32.2. The number of nitrogens with zero attached hydrogens (tertiary/aromatic N) is 4. The van der Waals surface area contributed by atoms with Crippen LogP contribution >= 0.6 is 0 Å². The van der Waals surface area contributed by atoms with Crippen molar-refractivity contribution in [3.63, 3.8) is 0 Å². The second-order valence-electron chi connectivity index (χ2n) is 11.6. The lowest BCUT2D eigenvalue weighted by Crippen LogP contribution is -2.42. The molecule has 0 unspecified atom stereocenters. The number of hydrogen-bond acceptors (Lipinski definition) is 7. The SMILES string of the molecule is COc1ccc(-c2nc(C3(C)CCN(c4ncnc5c4C=C(c4ccc(CS(C)(=O)=O)cc4)C5)CC3)[nH]c2C)cc1F. The van der Waals surface area contributed by atoms with Crippen molar-refractivity contribution in [1.82, 2.24) is 19.9 Å². The average molecular weight is 588 g/mol. The highest BCUT2D eigenvalue weighted by molar-refractivity contribution is 7.89. The molecule has 0 radical (unpaired) electrons. The lowest BCUT2D eigenvalue weighted by Gasteiger charge is -2.39. The Morgan fingerprint density at radius 1 is 1.07 bits per heavy atom. The fourth-order valence-electron chi connectivity index (χ4n) is 5.96. The molecule has 6 rings (SSSR count). The molecule has 0 amide bonds. The first-order chi connectivity index (χ1) is 20.0. The molecule has 3 heterocycles. The van der Waals surface area contributed by atoms with Crippen LogP contribution in [0.1, 0.15) is 53.7 Å². The molecule has 0 saturated carbocycles. The summed E-state index contributed by atoms with van der Waals surface area (Å²) in [6.07, 6.45) is 7.53. The zero-order valence-corrected chi connectivity index (χ0v) is 25.1. The predicted octanol–water partition coefficient (Wildman–Crippen LogP) is 5.52. The predicted molar refractivity (Wildman–Crippen MR) is 163 cm³/mol. The Hall–Kier alpha value is -4.05. The van der Waals surface area contributed by atoms with Crippen molar-refractivity contribution in [2.75, 3.05) is 31.4 Å². The van der Waals surface area contributed by atoms with Crippen molar-refractivity contribution < 1.29 is 17.5 Å². The number of ether oxygens (including phenoxy) is 1. The lowest BCUT2D eigenvalue weighted by atomic mass is 9.79. The second kappa shape index (κ2) is 10.7. The van der Waals surface area contributed by atoms with Gasteiger partial charge in [0, 0.05) is 48.0 Å². The topological polar surface area (TPSA) is 101 Å². The quantitative estimate of drug-likeness (QED) is 0.304. The second-order valence-corrected chi connectivity index (χ2v) is 13.8. The minimum atomic E-state index is -3.08. The Morgan fingerprint density at radius 2 is 1.79 bits per heavy atom. The van der Waals surface area contributed by atoms with E-state index < -0.39 is 15.7 Å². The highest BCUT2D eigenvalue weighted by Gasteiger charge is 2.36. The molecule has 1 aliphatic carbocycles. The van der Waals surface area contributed by atoms with Gasteiger partial charge in [-0.05, 0) is 60.7 Å². The maximum atomic E-state index is 14.4. The number of piperidine rings is 1. The van der Waals surface area contributed by atoms with Gasteiger partial charge in [0.15, 0.2) is 21.4 Å². The van der Waals surface area contributed by atoms with Gasteiger partial charge in [-0.2, -0.15) is 0 Å². The molecular weight excluding hydrogens is 553 g/mol. The molecule has 1 aliphatic heterocycles. The molecule has 1 N–H and O–H groups in total. The Morgan fingerprint density at radius 3 is 2.45 bits per heavy atom. The summed E-state index contributed by atoms with van der Waals surface area (Å²) in [4.78, 5) is 20.0. The van der Waals surface area contributed by atoms with Crippen molar-refractivity contribution >= 4 is 27.3 Å². The van der Waals surface area contributed by atoms with Crippen LogP contribution < -0.4 is 9.64 Å². The highest BCUT2D eigenvalue weighted by Crippen LogP contribution is 2.40. The number of nitrogens with one attached hydrogen (secondary N) is 1. The molecule has 8 nitrogen and oxygen atoms in total. The summed E-state index contributed by atoms with van der Waals surface area (Å²) in [5, 5.41) is 0. The first kappa shape index (κ1) is 28.1. The van der Waals surface area contributed by atoms with Crippen LogP contribution in [-0.4, -0.2) is 54.8 Å². The van der Waals surface area contributed by atoms with Crippen LogP contribution in [0.2, 0.25) is 0 Å². The van der Waals surface area contributed by atoms with Crippen LogP contribution in [0, 0.1) is 12.7 Å². The number of hydrogen-bond donors (Lipinski definition) is 1. The number of imidazole rings is 1. The molecule has 4 aromatic rings. The van der Waals surface area contributed by atoms with Gasteiger partial charge in [0.2, 0.25) is 0 Å². The van der Waals surface area contributed by atoms with Crippen LogP contribution in [-0.2, 0) is 27.4 Å². The van der Waals surface area contributed by atoms with E-state index in [-0.39, 0.29) is 16.9 Å². The van der Waals surface area contributed by atoms with Crippen LogP contribution in [0.3, 0.4) is 0 Å². The first-order valence-electron chi connectivity index (χ1n) is 14.0. The van der Waals surface area contributed by atoms with Crippen molar-refractivity contribution in [2.45, 2.75) is 44.3 Å². The van der Waals surface area contributed by atoms with E-state index in [2.05, 4.69) is 27.9 Å². The number of aromatic nitrogens is 4. The number of methoxy groups -OCH3 is 1. The molecule has 2 aliphatic rings. The number of anilines is 1. The molecular formula is C32H34FN5O3S. The normalized spacial score (nSPS) is 16.3. The molecule has 0 atom stereocenters. The number of fused-ring (bicyclic) bond motifs is 1. The van der Waals surface area contributed by atoms with Crippen LogP contribution in [0.15, 0.2) is 48.8 Å². The van der Waals surface area contributed by atoms with E-state index in [1.54, 1.807) is 12.4 Å². The van der Waals surface area contributed by atoms with E-state index in [1.807, 2.05) is 37.3 Å². The number of rotatable bonds is 7. The molecule has 0 spiro atoms. The minimum absolute atomic E-state index is 0.0367. The van der Waals surface area contributed by atoms with Crippen molar-refractivity contribution in [3.8, 4) is 17.0 Å². The van der Waals surface area contributed by atoms with Gasteiger partial charge < -0.3 is 14.6 Å². The van der Waals surface area contributed by atoms with Gasteiger partial charge in [-0.3, -0.25) is 0 Å².